The third-order valence-electron chi connectivity index (χ3n) is 1.98. The number of hydrogen-bond acceptors (Lipinski definition) is 4. The minimum atomic E-state index is -0.418. The number of anilines is 1. The van der Waals surface area contributed by atoms with Crippen molar-refractivity contribution in [3.63, 3.8) is 0 Å². The Morgan fingerprint density at radius 2 is 2.14 bits per heavy atom. The Hall–Kier alpha value is -1.62. The van der Waals surface area contributed by atoms with Crippen molar-refractivity contribution in [2.24, 2.45) is 5.73 Å². The molecule has 5 nitrogen and oxygen atoms in total. The summed E-state index contributed by atoms with van der Waals surface area (Å²) in [5.41, 5.74) is 7.28. The predicted molar refractivity (Wildman–Crippen MR) is 55.3 cm³/mol. The largest absolute Gasteiger partial charge is 0.377 e. The maximum absolute atomic E-state index is 10.5. The SMILES string of the molecule is CN(C)c1ccc([N+](=O)[O-])cc1CN. The first kappa shape index (κ1) is 10.5. The molecule has 5 heteroatoms. The van der Waals surface area contributed by atoms with Crippen LogP contribution in [0.25, 0.3) is 0 Å². The van der Waals surface area contributed by atoms with E-state index in [4.69, 9.17) is 5.73 Å². The lowest BCUT2D eigenvalue weighted by molar-refractivity contribution is -0.384. The third kappa shape index (κ3) is 2.00. The van der Waals surface area contributed by atoms with E-state index >= 15 is 0 Å². The third-order valence-corrected chi connectivity index (χ3v) is 1.98. The molecule has 0 bridgehead atoms. The zero-order chi connectivity index (χ0) is 10.7. The first-order chi connectivity index (χ1) is 6.56. The maximum atomic E-state index is 10.5. The molecule has 0 aliphatic heterocycles. The van der Waals surface area contributed by atoms with Gasteiger partial charge >= 0.3 is 0 Å². The standard InChI is InChI=1S/C9H13N3O2/c1-11(2)9-4-3-8(12(13)14)5-7(9)6-10/h3-5H,6,10H2,1-2H3. The van der Waals surface area contributed by atoms with Crippen molar-refractivity contribution in [2.45, 2.75) is 6.54 Å². The van der Waals surface area contributed by atoms with Gasteiger partial charge < -0.3 is 10.6 Å². The highest BCUT2D eigenvalue weighted by atomic mass is 16.6. The lowest BCUT2D eigenvalue weighted by Crippen LogP contribution is -2.13. The van der Waals surface area contributed by atoms with Gasteiger partial charge in [-0.15, -0.1) is 0 Å². The van der Waals surface area contributed by atoms with E-state index in [1.807, 2.05) is 19.0 Å². The van der Waals surface area contributed by atoms with Crippen LogP contribution in [0.1, 0.15) is 5.56 Å². The Morgan fingerprint density at radius 1 is 1.50 bits per heavy atom. The first-order valence-electron chi connectivity index (χ1n) is 4.21. The van der Waals surface area contributed by atoms with Crippen molar-refractivity contribution in [1.82, 2.24) is 0 Å². The molecule has 0 aliphatic carbocycles. The Labute approximate surface area is 82.3 Å². The first-order valence-corrected chi connectivity index (χ1v) is 4.21. The van der Waals surface area contributed by atoms with Gasteiger partial charge in [-0.1, -0.05) is 0 Å². The van der Waals surface area contributed by atoms with E-state index in [1.54, 1.807) is 6.07 Å². The summed E-state index contributed by atoms with van der Waals surface area (Å²) in [5.74, 6) is 0. The van der Waals surface area contributed by atoms with Crippen LogP contribution in [0.4, 0.5) is 11.4 Å². The number of benzene rings is 1. The van der Waals surface area contributed by atoms with Crippen LogP contribution in [0.2, 0.25) is 0 Å². The number of nitrogens with zero attached hydrogens (tertiary/aromatic N) is 2. The van der Waals surface area contributed by atoms with Crippen LogP contribution in [-0.4, -0.2) is 19.0 Å². The van der Waals surface area contributed by atoms with Crippen LogP contribution < -0.4 is 10.6 Å². The fraction of sp³-hybridized carbons (Fsp3) is 0.333. The topological polar surface area (TPSA) is 72.4 Å². The average molecular weight is 195 g/mol. The highest BCUT2D eigenvalue weighted by molar-refractivity contribution is 5.56. The highest BCUT2D eigenvalue weighted by Gasteiger charge is 2.10. The van der Waals surface area contributed by atoms with Crippen molar-refractivity contribution in [1.29, 1.82) is 0 Å². The second kappa shape index (κ2) is 4.06. The Bertz CT molecular complexity index is 350. The summed E-state index contributed by atoms with van der Waals surface area (Å²) in [6, 6.07) is 4.70. The van der Waals surface area contributed by atoms with E-state index in [2.05, 4.69) is 0 Å². The van der Waals surface area contributed by atoms with Gasteiger partial charge in [0.25, 0.3) is 5.69 Å². The van der Waals surface area contributed by atoms with Crippen molar-refractivity contribution < 1.29 is 4.92 Å². The van der Waals surface area contributed by atoms with Crippen LogP contribution in [0.3, 0.4) is 0 Å². The second-order valence-electron chi connectivity index (χ2n) is 3.17. The summed E-state index contributed by atoms with van der Waals surface area (Å²) in [4.78, 5) is 12.0. The Kier molecular flexibility index (Phi) is 3.03. The van der Waals surface area contributed by atoms with Gasteiger partial charge in [0, 0.05) is 38.5 Å². The Balaban J connectivity index is 3.18. The number of nitro groups is 1. The molecule has 2 N–H and O–H groups in total. The fourth-order valence-electron chi connectivity index (χ4n) is 1.29. The number of rotatable bonds is 3. The molecular formula is C9H13N3O2. The van der Waals surface area contributed by atoms with Gasteiger partial charge in [-0.05, 0) is 11.6 Å². The van der Waals surface area contributed by atoms with Gasteiger partial charge in [0.15, 0.2) is 0 Å². The van der Waals surface area contributed by atoms with Crippen molar-refractivity contribution >= 4 is 11.4 Å². The van der Waals surface area contributed by atoms with E-state index in [0.29, 0.717) is 6.54 Å². The zero-order valence-corrected chi connectivity index (χ0v) is 8.23. The van der Waals surface area contributed by atoms with Gasteiger partial charge in [-0.3, -0.25) is 10.1 Å². The van der Waals surface area contributed by atoms with E-state index in [9.17, 15) is 10.1 Å². The molecule has 1 rings (SSSR count). The maximum Gasteiger partial charge on any atom is 0.269 e. The van der Waals surface area contributed by atoms with Gasteiger partial charge in [0.05, 0.1) is 4.92 Å². The molecule has 0 unspecified atom stereocenters. The summed E-state index contributed by atoms with van der Waals surface area (Å²) in [7, 11) is 3.75. The van der Waals surface area contributed by atoms with Gasteiger partial charge in [-0.2, -0.15) is 0 Å². The van der Waals surface area contributed by atoms with E-state index < -0.39 is 4.92 Å². The van der Waals surface area contributed by atoms with Gasteiger partial charge in [-0.25, -0.2) is 0 Å². The molecule has 0 heterocycles. The van der Waals surface area contributed by atoms with Crippen LogP contribution in [0, 0.1) is 10.1 Å². The molecule has 1 aromatic rings. The molecular weight excluding hydrogens is 182 g/mol. The molecule has 0 atom stereocenters. The monoisotopic (exact) mass is 195 g/mol. The minimum Gasteiger partial charge on any atom is -0.377 e. The molecule has 0 aliphatic rings. The van der Waals surface area contributed by atoms with E-state index in [0.717, 1.165) is 11.3 Å². The molecule has 0 saturated heterocycles. The fourth-order valence-corrected chi connectivity index (χ4v) is 1.29. The van der Waals surface area contributed by atoms with E-state index in [1.165, 1.54) is 12.1 Å². The van der Waals surface area contributed by atoms with Crippen LogP contribution in [-0.2, 0) is 6.54 Å². The average Bonchev–Trinajstić information content (AvgIpc) is 2.16. The molecule has 0 spiro atoms. The quantitative estimate of drug-likeness (QED) is 0.579. The number of nitrogens with two attached hydrogens (primary N) is 1. The predicted octanol–water partition coefficient (Wildman–Crippen LogP) is 1.12. The molecule has 76 valence electrons. The number of hydrogen-bond donors (Lipinski definition) is 1. The lowest BCUT2D eigenvalue weighted by atomic mass is 10.1. The number of non-ortho nitro benzene ring substituents is 1. The van der Waals surface area contributed by atoms with Gasteiger partial charge in [0.2, 0.25) is 0 Å². The summed E-state index contributed by atoms with van der Waals surface area (Å²) in [6.07, 6.45) is 0. The van der Waals surface area contributed by atoms with Crippen LogP contribution in [0.5, 0.6) is 0 Å². The summed E-state index contributed by atoms with van der Waals surface area (Å²) in [5, 5.41) is 10.5. The number of nitro benzene ring substituents is 1. The zero-order valence-electron chi connectivity index (χ0n) is 8.23. The highest BCUT2D eigenvalue weighted by Crippen LogP contribution is 2.23. The van der Waals surface area contributed by atoms with Crippen molar-refractivity contribution in [3.05, 3.63) is 33.9 Å². The molecule has 14 heavy (non-hydrogen) atoms. The minimum absolute atomic E-state index is 0.0797. The molecule has 0 radical (unpaired) electrons. The molecule has 0 saturated carbocycles. The van der Waals surface area contributed by atoms with Crippen molar-refractivity contribution in [3.8, 4) is 0 Å². The molecule has 0 aromatic heterocycles. The van der Waals surface area contributed by atoms with Crippen molar-refractivity contribution in [2.75, 3.05) is 19.0 Å². The van der Waals surface area contributed by atoms with Crippen LogP contribution in [0.15, 0.2) is 18.2 Å². The van der Waals surface area contributed by atoms with E-state index in [-0.39, 0.29) is 5.69 Å². The molecule has 0 amide bonds. The normalized spacial score (nSPS) is 9.93. The molecule has 1 aromatic carbocycles. The lowest BCUT2D eigenvalue weighted by Gasteiger charge is -2.15. The van der Waals surface area contributed by atoms with Crippen LogP contribution >= 0.6 is 0 Å². The summed E-state index contributed by atoms with van der Waals surface area (Å²) >= 11 is 0. The summed E-state index contributed by atoms with van der Waals surface area (Å²) in [6.45, 7) is 0.301. The Morgan fingerprint density at radius 3 is 2.57 bits per heavy atom. The molecule has 0 fully saturated rings. The smallest absolute Gasteiger partial charge is 0.269 e. The van der Waals surface area contributed by atoms with Gasteiger partial charge in [0.1, 0.15) is 0 Å². The summed E-state index contributed by atoms with van der Waals surface area (Å²) < 4.78 is 0. The second-order valence-corrected chi connectivity index (χ2v) is 3.17.